The van der Waals surface area contributed by atoms with Gasteiger partial charge < -0.3 is 20.8 Å². The Kier molecular flexibility index (Phi) is 6.44. The van der Waals surface area contributed by atoms with E-state index in [-0.39, 0.29) is 12.6 Å². The molecular formula is C12H22N2O4S. The highest BCUT2D eigenvalue weighted by atomic mass is 32.2. The van der Waals surface area contributed by atoms with E-state index in [1.54, 1.807) is 0 Å². The maximum absolute atomic E-state index is 11.5. The van der Waals surface area contributed by atoms with E-state index in [0.29, 0.717) is 12.5 Å². The molecule has 110 valence electrons. The highest BCUT2D eigenvalue weighted by Crippen LogP contribution is 2.21. The summed E-state index contributed by atoms with van der Waals surface area (Å²) in [7, 11) is 0. The third-order valence-corrected chi connectivity index (χ3v) is 4.10. The van der Waals surface area contributed by atoms with Crippen molar-refractivity contribution in [1.82, 2.24) is 10.6 Å². The number of rotatable bonds is 6. The van der Waals surface area contributed by atoms with Crippen LogP contribution in [0.4, 0.5) is 4.79 Å². The van der Waals surface area contributed by atoms with Crippen LogP contribution in [-0.4, -0.2) is 52.4 Å². The van der Waals surface area contributed by atoms with Gasteiger partial charge in [0.1, 0.15) is 0 Å². The predicted octanol–water partition coefficient (Wildman–Crippen LogP) is 0.654. The van der Waals surface area contributed by atoms with Crippen LogP contribution >= 0.6 is 11.8 Å². The lowest BCUT2D eigenvalue weighted by Crippen LogP contribution is -2.46. The van der Waals surface area contributed by atoms with Crippen LogP contribution in [0.2, 0.25) is 0 Å². The van der Waals surface area contributed by atoms with Gasteiger partial charge in [-0.05, 0) is 37.2 Å². The minimum atomic E-state index is -1.43. The number of hydrogen-bond donors (Lipinski definition) is 4. The number of carbonyl (C=O) groups is 2. The quantitative estimate of drug-likeness (QED) is 0.576. The van der Waals surface area contributed by atoms with Gasteiger partial charge in [-0.3, -0.25) is 4.79 Å². The van der Waals surface area contributed by atoms with Crippen LogP contribution in [0.5, 0.6) is 0 Å². The molecule has 1 unspecified atom stereocenters. The Balaban J connectivity index is 2.18. The van der Waals surface area contributed by atoms with Crippen LogP contribution in [0.1, 0.15) is 26.2 Å². The Morgan fingerprint density at radius 3 is 2.53 bits per heavy atom. The van der Waals surface area contributed by atoms with E-state index in [2.05, 4.69) is 10.6 Å². The van der Waals surface area contributed by atoms with Crippen LogP contribution in [0.3, 0.4) is 0 Å². The zero-order chi connectivity index (χ0) is 14.3. The highest BCUT2D eigenvalue weighted by Gasteiger charge is 2.25. The first-order chi connectivity index (χ1) is 8.89. The summed E-state index contributed by atoms with van der Waals surface area (Å²) < 4.78 is 0. The van der Waals surface area contributed by atoms with Gasteiger partial charge in [-0.2, -0.15) is 11.8 Å². The smallest absolute Gasteiger partial charge is 0.314 e. The number of aliphatic hydroxyl groups is 1. The fourth-order valence-electron chi connectivity index (χ4n) is 1.91. The average molecular weight is 290 g/mol. The lowest BCUT2D eigenvalue weighted by molar-refractivity contribution is -0.141. The molecule has 0 spiro atoms. The average Bonchev–Trinajstić information content (AvgIpc) is 2.34. The van der Waals surface area contributed by atoms with E-state index in [4.69, 9.17) is 5.11 Å². The molecule has 0 aromatic carbocycles. The summed E-state index contributed by atoms with van der Waals surface area (Å²) in [5, 5.41) is 23.6. The van der Waals surface area contributed by atoms with Crippen molar-refractivity contribution in [2.24, 2.45) is 5.92 Å². The van der Waals surface area contributed by atoms with Crippen molar-refractivity contribution in [3.05, 3.63) is 0 Å². The van der Waals surface area contributed by atoms with Crippen LogP contribution in [0, 0.1) is 5.92 Å². The number of thioether (sulfide) groups is 1. The maximum Gasteiger partial charge on any atom is 0.314 e. The van der Waals surface area contributed by atoms with E-state index in [1.807, 2.05) is 11.8 Å². The molecule has 6 nitrogen and oxygen atoms in total. The molecule has 1 saturated heterocycles. The van der Waals surface area contributed by atoms with Gasteiger partial charge >= 0.3 is 12.0 Å². The second-order valence-electron chi connectivity index (χ2n) is 5.19. The summed E-state index contributed by atoms with van der Waals surface area (Å²) in [4.78, 5) is 22.0. The van der Waals surface area contributed by atoms with Crippen LogP contribution in [0.25, 0.3) is 0 Å². The number of hydrogen-bond acceptors (Lipinski definition) is 4. The van der Waals surface area contributed by atoms with E-state index >= 15 is 0 Å². The summed E-state index contributed by atoms with van der Waals surface area (Å²) in [6, 6.07) is -0.358. The van der Waals surface area contributed by atoms with Gasteiger partial charge in [0.2, 0.25) is 0 Å². The summed E-state index contributed by atoms with van der Waals surface area (Å²) in [6.07, 6.45) is 1.83. The van der Waals surface area contributed by atoms with Gasteiger partial charge in [-0.1, -0.05) is 0 Å². The molecule has 1 rings (SSSR count). The Morgan fingerprint density at radius 1 is 1.32 bits per heavy atom. The number of nitrogens with one attached hydrogen (secondary N) is 2. The molecule has 19 heavy (non-hydrogen) atoms. The molecule has 1 heterocycles. The molecule has 1 aliphatic rings. The van der Waals surface area contributed by atoms with E-state index in [0.717, 1.165) is 24.3 Å². The minimum absolute atomic E-state index is 0.0777. The number of carboxylic acid groups (broad SMARTS) is 1. The van der Waals surface area contributed by atoms with Crippen molar-refractivity contribution in [3.63, 3.8) is 0 Å². The summed E-state index contributed by atoms with van der Waals surface area (Å²) in [5.41, 5.74) is -1.43. The largest absolute Gasteiger partial charge is 0.481 e. The Bertz CT molecular complexity index is 317. The molecule has 4 N–H and O–H groups in total. The molecule has 1 aliphatic heterocycles. The molecule has 1 atom stereocenters. The van der Waals surface area contributed by atoms with Gasteiger partial charge in [0.25, 0.3) is 0 Å². The van der Waals surface area contributed by atoms with Crippen molar-refractivity contribution in [2.75, 3.05) is 24.6 Å². The third-order valence-electron chi connectivity index (χ3n) is 3.05. The van der Waals surface area contributed by atoms with Crippen LogP contribution < -0.4 is 10.6 Å². The van der Waals surface area contributed by atoms with Gasteiger partial charge in [0.15, 0.2) is 0 Å². The predicted molar refractivity (Wildman–Crippen MR) is 74.3 cm³/mol. The lowest BCUT2D eigenvalue weighted by Gasteiger charge is -2.23. The van der Waals surface area contributed by atoms with Crippen molar-refractivity contribution < 1.29 is 19.8 Å². The van der Waals surface area contributed by atoms with Crippen LogP contribution in [0.15, 0.2) is 0 Å². The fourth-order valence-corrected chi connectivity index (χ4v) is 3.11. The molecule has 0 aromatic rings. The monoisotopic (exact) mass is 290 g/mol. The molecule has 1 fully saturated rings. The zero-order valence-corrected chi connectivity index (χ0v) is 12.0. The second kappa shape index (κ2) is 7.59. The molecule has 0 saturated carbocycles. The van der Waals surface area contributed by atoms with E-state index < -0.39 is 18.0 Å². The first-order valence-electron chi connectivity index (χ1n) is 6.43. The van der Waals surface area contributed by atoms with Crippen LogP contribution in [-0.2, 0) is 4.79 Å². The molecule has 0 aromatic heterocycles. The van der Waals surface area contributed by atoms with E-state index in [1.165, 1.54) is 6.92 Å². The highest BCUT2D eigenvalue weighted by molar-refractivity contribution is 7.99. The SMILES string of the molecule is CC(O)(CNC(=O)NCC1CCSCC1)CC(=O)O. The number of amides is 2. The van der Waals surface area contributed by atoms with Gasteiger partial charge in [-0.25, -0.2) is 4.79 Å². The number of aliphatic carboxylic acids is 1. The normalized spacial score (nSPS) is 19.5. The van der Waals surface area contributed by atoms with E-state index in [9.17, 15) is 14.7 Å². The van der Waals surface area contributed by atoms with Gasteiger partial charge in [0.05, 0.1) is 12.0 Å². The fraction of sp³-hybridized carbons (Fsp3) is 0.833. The van der Waals surface area contributed by atoms with Crippen molar-refractivity contribution in [3.8, 4) is 0 Å². The molecule has 0 radical (unpaired) electrons. The summed E-state index contributed by atoms with van der Waals surface area (Å²) >= 11 is 1.94. The van der Waals surface area contributed by atoms with Gasteiger partial charge in [0, 0.05) is 13.1 Å². The first kappa shape index (κ1) is 16.1. The summed E-state index contributed by atoms with van der Waals surface area (Å²) in [6.45, 7) is 1.94. The topological polar surface area (TPSA) is 98.7 Å². The maximum atomic E-state index is 11.5. The van der Waals surface area contributed by atoms with Crippen molar-refractivity contribution in [1.29, 1.82) is 0 Å². The lowest BCUT2D eigenvalue weighted by atomic mass is 10.0. The second-order valence-corrected chi connectivity index (χ2v) is 6.41. The number of urea groups is 1. The Labute approximate surface area is 117 Å². The molecule has 0 aliphatic carbocycles. The third kappa shape index (κ3) is 7.27. The zero-order valence-electron chi connectivity index (χ0n) is 11.1. The van der Waals surface area contributed by atoms with Crippen molar-refractivity contribution in [2.45, 2.75) is 31.8 Å². The molecular weight excluding hydrogens is 268 g/mol. The molecule has 2 amide bonds. The van der Waals surface area contributed by atoms with Crippen molar-refractivity contribution >= 4 is 23.8 Å². The molecule has 0 bridgehead atoms. The minimum Gasteiger partial charge on any atom is -0.481 e. The first-order valence-corrected chi connectivity index (χ1v) is 7.58. The standard InChI is InChI=1S/C12H22N2O4S/c1-12(18,6-10(15)16)8-14-11(17)13-7-9-2-4-19-5-3-9/h9,18H,2-8H2,1H3,(H,15,16)(H2,13,14,17). The molecule has 7 heteroatoms. The number of carbonyl (C=O) groups excluding carboxylic acids is 1. The number of carboxylic acids is 1. The summed E-state index contributed by atoms with van der Waals surface area (Å²) in [5.74, 6) is 1.71. The van der Waals surface area contributed by atoms with Gasteiger partial charge in [-0.15, -0.1) is 0 Å². The Hall–Kier alpha value is -0.950. The Morgan fingerprint density at radius 2 is 1.95 bits per heavy atom.